The predicted octanol–water partition coefficient (Wildman–Crippen LogP) is 1.02. The van der Waals surface area contributed by atoms with E-state index in [9.17, 15) is 14.7 Å². The Kier molecular flexibility index (Phi) is 5.32. The van der Waals surface area contributed by atoms with Gasteiger partial charge >= 0.3 is 11.8 Å². The highest BCUT2D eigenvalue weighted by atomic mass is 35.5. The van der Waals surface area contributed by atoms with Crippen molar-refractivity contribution in [3.63, 3.8) is 0 Å². The fraction of sp³-hybridized carbons (Fsp3) is 0.250. The van der Waals surface area contributed by atoms with Gasteiger partial charge in [0.2, 0.25) is 0 Å². The minimum Gasteiger partial charge on any atom is -0.506 e. The van der Waals surface area contributed by atoms with Gasteiger partial charge in [-0.15, -0.1) is 0 Å². The van der Waals surface area contributed by atoms with E-state index in [2.05, 4.69) is 15.8 Å². The number of amides is 2. The number of rotatable bonds is 3. The lowest BCUT2D eigenvalue weighted by atomic mass is 10.2. The molecular weight excluding hydrogens is 270 g/mol. The molecule has 0 radical (unpaired) electrons. The SMILES string of the molecule is CC(C)NC(=O)C(=O)N/N=C\c1ccc(O)c(Cl)c1. The summed E-state index contributed by atoms with van der Waals surface area (Å²) in [6.45, 7) is 3.49. The van der Waals surface area contributed by atoms with Crippen LogP contribution in [0.25, 0.3) is 0 Å². The lowest BCUT2D eigenvalue weighted by molar-refractivity contribution is -0.139. The summed E-state index contributed by atoms with van der Waals surface area (Å²) >= 11 is 5.70. The first-order valence-corrected chi connectivity index (χ1v) is 5.90. The number of benzene rings is 1. The van der Waals surface area contributed by atoms with Crippen LogP contribution in [0.15, 0.2) is 23.3 Å². The Hall–Kier alpha value is -2.08. The molecular formula is C12H14ClN3O3. The summed E-state index contributed by atoms with van der Waals surface area (Å²) in [5, 5.41) is 15.4. The molecule has 0 saturated carbocycles. The normalized spacial score (nSPS) is 10.7. The van der Waals surface area contributed by atoms with Gasteiger partial charge in [-0.1, -0.05) is 11.6 Å². The van der Waals surface area contributed by atoms with Crippen molar-refractivity contribution in [2.75, 3.05) is 0 Å². The molecule has 3 N–H and O–H groups in total. The number of hydrogen-bond donors (Lipinski definition) is 3. The predicted molar refractivity (Wildman–Crippen MR) is 72.1 cm³/mol. The molecule has 0 heterocycles. The highest BCUT2D eigenvalue weighted by Gasteiger charge is 2.12. The van der Waals surface area contributed by atoms with Crippen molar-refractivity contribution in [2.24, 2.45) is 5.10 Å². The maximum absolute atomic E-state index is 11.3. The summed E-state index contributed by atoms with van der Waals surface area (Å²) in [4.78, 5) is 22.5. The van der Waals surface area contributed by atoms with Crippen LogP contribution in [0.1, 0.15) is 19.4 Å². The molecule has 102 valence electrons. The number of carbonyl (C=O) groups is 2. The molecule has 0 aromatic heterocycles. The molecule has 0 aliphatic carbocycles. The van der Waals surface area contributed by atoms with E-state index < -0.39 is 11.8 Å². The lowest BCUT2D eigenvalue weighted by Gasteiger charge is -2.06. The number of phenols is 1. The van der Waals surface area contributed by atoms with E-state index in [-0.39, 0.29) is 16.8 Å². The molecule has 0 unspecified atom stereocenters. The number of nitrogens with one attached hydrogen (secondary N) is 2. The average Bonchev–Trinajstić information content (AvgIpc) is 2.32. The van der Waals surface area contributed by atoms with Crippen LogP contribution < -0.4 is 10.7 Å². The van der Waals surface area contributed by atoms with Gasteiger partial charge in [0.05, 0.1) is 11.2 Å². The number of phenolic OH excluding ortho intramolecular Hbond substituents is 1. The van der Waals surface area contributed by atoms with Crippen LogP contribution in [-0.4, -0.2) is 29.2 Å². The fourth-order valence-corrected chi connectivity index (χ4v) is 1.34. The van der Waals surface area contributed by atoms with Crippen molar-refractivity contribution >= 4 is 29.6 Å². The molecule has 0 fully saturated rings. The molecule has 0 spiro atoms. The van der Waals surface area contributed by atoms with Gasteiger partial charge in [0, 0.05) is 6.04 Å². The zero-order chi connectivity index (χ0) is 14.4. The first-order valence-electron chi connectivity index (χ1n) is 5.52. The lowest BCUT2D eigenvalue weighted by Crippen LogP contribution is -2.41. The maximum atomic E-state index is 11.3. The zero-order valence-electron chi connectivity index (χ0n) is 10.5. The Morgan fingerprint density at radius 3 is 2.63 bits per heavy atom. The number of carbonyl (C=O) groups excluding carboxylic acids is 2. The largest absolute Gasteiger partial charge is 0.506 e. The third kappa shape index (κ3) is 4.97. The van der Waals surface area contributed by atoms with Gasteiger partial charge in [-0.2, -0.15) is 5.10 Å². The van der Waals surface area contributed by atoms with Crippen LogP contribution >= 0.6 is 11.6 Å². The first-order chi connectivity index (χ1) is 8.90. The Morgan fingerprint density at radius 2 is 2.05 bits per heavy atom. The molecule has 0 bridgehead atoms. The fourth-order valence-electron chi connectivity index (χ4n) is 1.15. The topological polar surface area (TPSA) is 90.8 Å². The molecule has 0 atom stereocenters. The minimum atomic E-state index is -0.852. The van der Waals surface area contributed by atoms with Gasteiger partial charge in [-0.05, 0) is 37.6 Å². The number of nitrogens with zero attached hydrogens (tertiary/aromatic N) is 1. The van der Waals surface area contributed by atoms with Crippen molar-refractivity contribution in [1.29, 1.82) is 0 Å². The van der Waals surface area contributed by atoms with Crippen LogP contribution in [0.3, 0.4) is 0 Å². The summed E-state index contributed by atoms with van der Waals surface area (Å²) in [5.74, 6) is -1.65. The molecule has 1 aromatic rings. The quantitative estimate of drug-likeness (QED) is 0.439. The second-order valence-electron chi connectivity index (χ2n) is 4.04. The third-order valence-corrected chi connectivity index (χ3v) is 2.28. The van der Waals surface area contributed by atoms with Gasteiger partial charge in [0.1, 0.15) is 5.75 Å². The van der Waals surface area contributed by atoms with Gasteiger partial charge in [-0.25, -0.2) is 5.43 Å². The standard InChI is InChI=1S/C12H14ClN3O3/c1-7(2)15-11(18)12(19)16-14-6-8-3-4-10(17)9(13)5-8/h3-7,17H,1-2H3,(H,15,18)(H,16,19)/b14-6-. The van der Waals surface area contributed by atoms with Crippen molar-refractivity contribution in [2.45, 2.75) is 19.9 Å². The monoisotopic (exact) mass is 283 g/mol. The Bertz CT molecular complexity index is 515. The Balaban J connectivity index is 2.56. The maximum Gasteiger partial charge on any atom is 0.329 e. The molecule has 0 aliphatic rings. The molecule has 1 rings (SSSR count). The smallest absolute Gasteiger partial charge is 0.329 e. The number of hydrogen-bond acceptors (Lipinski definition) is 4. The van der Waals surface area contributed by atoms with E-state index in [4.69, 9.17) is 11.6 Å². The van der Waals surface area contributed by atoms with Crippen molar-refractivity contribution in [1.82, 2.24) is 10.7 Å². The summed E-state index contributed by atoms with van der Waals surface area (Å²) in [6, 6.07) is 4.31. The molecule has 0 aliphatic heterocycles. The molecule has 7 heteroatoms. The summed E-state index contributed by atoms with van der Waals surface area (Å²) in [5.41, 5.74) is 2.66. The van der Waals surface area contributed by atoms with E-state index in [0.717, 1.165) is 0 Å². The van der Waals surface area contributed by atoms with Crippen LogP contribution in [-0.2, 0) is 9.59 Å². The van der Waals surface area contributed by atoms with Crippen LogP contribution in [0.4, 0.5) is 0 Å². The van der Waals surface area contributed by atoms with Crippen LogP contribution in [0, 0.1) is 0 Å². The number of aromatic hydroxyl groups is 1. The summed E-state index contributed by atoms with van der Waals surface area (Å²) < 4.78 is 0. The van der Waals surface area contributed by atoms with Gasteiger partial charge in [0.15, 0.2) is 0 Å². The summed E-state index contributed by atoms with van der Waals surface area (Å²) in [6.07, 6.45) is 1.31. The second kappa shape index (κ2) is 6.75. The van der Waals surface area contributed by atoms with E-state index in [1.165, 1.54) is 18.3 Å². The summed E-state index contributed by atoms with van der Waals surface area (Å²) in [7, 11) is 0. The van der Waals surface area contributed by atoms with Gasteiger partial charge in [0.25, 0.3) is 0 Å². The Labute approximate surface area is 115 Å². The molecule has 1 aromatic carbocycles. The van der Waals surface area contributed by atoms with E-state index in [1.807, 2.05) is 0 Å². The molecule has 2 amide bonds. The van der Waals surface area contributed by atoms with Gasteiger partial charge < -0.3 is 10.4 Å². The van der Waals surface area contributed by atoms with E-state index in [1.54, 1.807) is 19.9 Å². The number of hydrazone groups is 1. The van der Waals surface area contributed by atoms with Crippen molar-refractivity contribution < 1.29 is 14.7 Å². The van der Waals surface area contributed by atoms with E-state index in [0.29, 0.717) is 5.56 Å². The van der Waals surface area contributed by atoms with Gasteiger partial charge in [-0.3, -0.25) is 9.59 Å². The second-order valence-corrected chi connectivity index (χ2v) is 4.45. The van der Waals surface area contributed by atoms with Crippen molar-refractivity contribution in [3.8, 4) is 5.75 Å². The number of halogens is 1. The third-order valence-electron chi connectivity index (χ3n) is 1.98. The molecule has 6 nitrogen and oxygen atoms in total. The van der Waals surface area contributed by atoms with Crippen LogP contribution in [0.5, 0.6) is 5.75 Å². The van der Waals surface area contributed by atoms with Crippen LogP contribution in [0.2, 0.25) is 5.02 Å². The highest BCUT2D eigenvalue weighted by Crippen LogP contribution is 2.22. The van der Waals surface area contributed by atoms with E-state index >= 15 is 0 Å². The first kappa shape index (κ1) is 15.0. The van der Waals surface area contributed by atoms with Crippen molar-refractivity contribution in [3.05, 3.63) is 28.8 Å². The zero-order valence-corrected chi connectivity index (χ0v) is 11.2. The molecule has 0 saturated heterocycles. The minimum absolute atomic E-state index is 0.0424. The average molecular weight is 284 g/mol. The Morgan fingerprint density at radius 1 is 1.37 bits per heavy atom. The molecule has 19 heavy (non-hydrogen) atoms. The highest BCUT2D eigenvalue weighted by molar-refractivity contribution is 6.35.